The second kappa shape index (κ2) is 6.64. The van der Waals surface area contributed by atoms with Crippen LogP contribution in [-0.4, -0.2) is 28.5 Å². The maximum absolute atomic E-state index is 13.8. The summed E-state index contributed by atoms with van der Waals surface area (Å²) in [7, 11) is 0. The third kappa shape index (κ3) is 3.66. The lowest BCUT2D eigenvalue weighted by Gasteiger charge is -2.14. The molecule has 0 amide bonds. The zero-order chi connectivity index (χ0) is 15.6. The molecule has 0 unspecified atom stereocenters. The highest BCUT2D eigenvalue weighted by Gasteiger charge is 2.14. The number of aliphatic hydroxyl groups excluding tert-OH is 1. The first-order valence-corrected chi connectivity index (χ1v) is 7.20. The molecule has 7 heteroatoms. The van der Waals surface area contributed by atoms with E-state index in [0.29, 0.717) is 5.39 Å². The molecule has 0 bridgehead atoms. The molecule has 0 aliphatic heterocycles. The van der Waals surface area contributed by atoms with E-state index in [1.54, 1.807) is 6.07 Å². The van der Waals surface area contributed by atoms with E-state index in [9.17, 15) is 13.6 Å². The molecule has 114 valence electrons. The monoisotopic (exact) mass is 360 g/mol. The molecule has 21 heavy (non-hydrogen) atoms. The highest BCUT2D eigenvalue weighted by molar-refractivity contribution is 9.10. The molecule has 0 saturated carbocycles. The number of halogens is 3. The summed E-state index contributed by atoms with van der Waals surface area (Å²) in [5, 5.41) is 9.56. The number of alkyl halides is 1. The van der Waals surface area contributed by atoms with Gasteiger partial charge in [-0.25, -0.2) is 8.78 Å². The van der Waals surface area contributed by atoms with E-state index < -0.39 is 23.6 Å². The Kier molecular flexibility index (Phi) is 5.08. The van der Waals surface area contributed by atoms with E-state index >= 15 is 0 Å². The van der Waals surface area contributed by atoms with Crippen molar-refractivity contribution in [1.29, 1.82) is 0 Å². The zero-order valence-corrected chi connectivity index (χ0v) is 12.7. The molecule has 0 fully saturated rings. The lowest BCUT2D eigenvalue weighted by molar-refractivity contribution is 0.207. The first kappa shape index (κ1) is 16.1. The molecule has 0 aliphatic carbocycles. The average Bonchev–Trinajstić information content (AvgIpc) is 2.44. The Morgan fingerprint density at radius 3 is 2.81 bits per heavy atom. The Morgan fingerprint density at radius 1 is 1.43 bits per heavy atom. The smallest absolute Gasteiger partial charge is 0.258 e. The lowest BCUT2D eigenvalue weighted by Crippen LogP contribution is -2.32. The molecule has 2 aromatic rings. The van der Waals surface area contributed by atoms with Crippen molar-refractivity contribution in [2.75, 3.05) is 6.61 Å². The van der Waals surface area contributed by atoms with E-state index in [1.807, 2.05) is 0 Å². The molecule has 0 aliphatic rings. The summed E-state index contributed by atoms with van der Waals surface area (Å²) < 4.78 is 28.8. The predicted molar refractivity (Wildman–Crippen MR) is 80.4 cm³/mol. The van der Waals surface area contributed by atoms with Crippen LogP contribution in [0.25, 0.3) is 10.8 Å². The average molecular weight is 361 g/mol. The van der Waals surface area contributed by atoms with E-state index in [1.165, 1.54) is 16.8 Å². The fraction of sp³-hybridized carbons (Fsp3) is 0.357. The van der Waals surface area contributed by atoms with Crippen LogP contribution in [0.2, 0.25) is 0 Å². The zero-order valence-electron chi connectivity index (χ0n) is 11.1. The summed E-state index contributed by atoms with van der Waals surface area (Å²) in [5.74, 6) is -0.545. The topological polar surface area (TPSA) is 68.2 Å². The quantitative estimate of drug-likeness (QED) is 0.856. The Bertz CT molecular complexity index is 705. The minimum absolute atomic E-state index is 0.0460. The van der Waals surface area contributed by atoms with Crippen molar-refractivity contribution in [3.8, 4) is 0 Å². The van der Waals surface area contributed by atoms with Gasteiger partial charge in [-0.2, -0.15) is 0 Å². The molecule has 1 aromatic carbocycles. The van der Waals surface area contributed by atoms with E-state index in [-0.39, 0.29) is 29.4 Å². The number of aromatic nitrogens is 1. The van der Waals surface area contributed by atoms with Gasteiger partial charge in [-0.15, -0.1) is 0 Å². The molecule has 3 N–H and O–H groups in total. The molecule has 2 rings (SSSR count). The highest BCUT2D eigenvalue weighted by atomic mass is 79.9. The molecule has 0 spiro atoms. The van der Waals surface area contributed by atoms with Gasteiger partial charge in [0.05, 0.1) is 23.0 Å². The summed E-state index contributed by atoms with van der Waals surface area (Å²) in [4.78, 5) is 12.2. The number of hydrogen-bond donors (Lipinski definition) is 2. The van der Waals surface area contributed by atoms with Crippen LogP contribution >= 0.6 is 15.9 Å². The minimum atomic E-state index is -1.36. The van der Waals surface area contributed by atoms with Gasteiger partial charge in [-0.05, 0) is 45.9 Å². The molecule has 1 aromatic heterocycles. The number of hydrogen-bond acceptors (Lipinski definition) is 3. The van der Waals surface area contributed by atoms with Crippen LogP contribution in [0.4, 0.5) is 8.78 Å². The van der Waals surface area contributed by atoms with Crippen LogP contribution in [0.3, 0.4) is 0 Å². The van der Waals surface area contributed by atoms with Gasteiger partial charge in [0.25, 0.3) is 5.56 Å². The second-order valence-corrected chi connectivity index (χ2v) is 5.76. The normalized spacial score (nSPS) is 14.3. The molecule has 2 atom stereocenters. The SMILES string of the molecule is N[C@@H](CO)C[C@@H](F)Cn1ccc2cc(Br)c(F)cc2c1=O. The maximum Gasteiger partial charge on any atom is 0.258 e. The van der Waals surface area contributed by atoms with Crippen molar-refractivity contribution < 1.29 is 13.9 Å². The van der Waals surface area contributed by atoms with Crippen molar-refractivity contribution >= 4 is 26.7 Å². The van der Waals surface area contributed by atoms with Crippen molar-refractivity contribution in [3.05, 3.63) is 45.0 Å². The maximum atomic E-state index is 13.8. The Hall–Kier alpha value is -1.31. The van der Waals surface area contributed by atoms with Gasteiger partial charge in [-0.3, -0.25) is 4.79 Å². The molecular formula is C14H15BrF2N2O2. The van der Waals surface area contributed by atoms with Gasteiger partial charge in [0.15, 0.2) is 0 Å². The van der Waals surface area contributed by atoms with Crippen LogP contribution in [0, 0.1) is 5.82 Å². The summed E-state index contributed by atoms with van der Waals surface area (Å²) in [6.07, 6.45) is 0.0597. The molecular weight excluding hydrogens is 346 g/mol. The number of rotatable bonds is 5. The van der Waals surface area contributed by atoms with Gasteiger partial charge < -0.3 is 15.4 Å². The fourth-order valence-corrected chi connectivity index (χ4v) is 2.47. The first-order valence-electron chi connectivity index (χ1n) is 6.41. The standard InChI is InChI=1S/C14H15BrF2N2O2/c15-12-3-8-1-2-19(6-9(16)4-10(18)7-20)14(21)11(8)5-13(12)17/h1-3,5,9-10,20H,4,6-7,18H2/t9-,10-/m1/s1. The van der Waals surface area contributed by atoms with Gasteiger partial charge in [0.1, 0.15) is 12.0 Å². The number of fused-ring (bicyclic) bond motifs is 1. The van der Waals surface area contributed by atoms with Crippen LogP contribution in [0.1, 0.15) is 6.42 Å². The van der Waals surface area contributed by atoms with Crippen molar-refractivity contribution in [2.24, 2.45) is 5.73 Å². The van der Waals surface area contributed by atoms with Gasteiger partial charge in [0, 0.05) is 12.2 Å². The van der Waals surface area contributed by atoms with Gasteiger partial charge in [-0.1, -0.05) is 0 Å². The van der Waals surface area contributed by atoms with Crippen LogP contribution < -0.4 is 11.3 Å². The third-order valence-corrected chi connectivity index (χ3v) is 3.81. The van der Waals surface area contributed by atoms with Gasteiger partial charge in [0.2, 0.25) is 0 Å². The number of nitrogens with two attached hydrogens (primary N) is 1. The van der Waals surface area contributed by atoms with Gasteiger partial charge >= 0.3 is 0 Å². The molecule has 0 saturated heterocycles. The Morgan fingerprint density at radius 2 is 2.14 bits per heavy atom. The lowest BCUT2D eigenvalue weighted by atomic mass is 10.1. The fourth-order valence-electron chi connectivity index (χ4n) is 2.11. The number of pyridine rings is 1. The van der Waals surface area contributed by atoms with Crippen molar-refractivity contribution in [1.82, 2.24) is 4.57 Å². The third-order valence-electron chi connectivity index (χ3n) is 3.21. The van der Waals surface area contributed by atoms with Crippen LogP contribution in [0.15, 0.2) is 33.7 Å². The summed E-state index contributed by atoms with van der Waals surface area (Å²) in [6, 6.07) is 3.60. The van der Waals surface area contributed by atoms with E-state index in [0.717, 1.165) is 6.07 Å². The first-order chi connectivity index (χ1) is 9.92. The molecule has 0 radical (unpaired) electrons. The summed E-state index contributed by atoms with van der Waals surface area (Å²) >= 11 is 3.05. The van der Waals surface area contributed by atoms with E-state index in [4.69, 9.17) is 10.8 Å². The Labute approximate surface area is 128 Å². The number of nitrogens with zero attached hydrogens (tertiary/aromatic N) is 1. The largest absolute Gasteiger partial charge is 0.395 e. The Balaban J connectivity index is 2.32. The van der Waals surface area contributed by atoms with E-state index in [2.05, 4.69) is 15.9 Å². The number of aliphatic hydroxyl groups is 1. The van der Waals surface area contributed by atoms with Crippen LogP contribution in [0.5, 0.6) is 0 Å². The van der Waals surface area contributed by atoms with Crippen molar-refractivity contribution in [2.45, 2.75) is 25.2 Å². The molecule has 4 nitrogen and oxygen atoms in total. The second-order valence-electron chi connectivity index (χ2n) is 4.90. The number of benzene rings is 1. The highest BCUT2D eigenvalue weighted by Crippen LogP contribution is 2.21. The predicted octanol–water partition coefficient (Wildman–Crippen LogP) is 1.95. The summed E-state index contributed by atoms with van der Waals surface area (Å²) in [5.41, 5.74) is 5.00. The van der Waals surface area contributed by atoms with Crippen molar-refractivity contribution in [3.63, 3.8) is 0 Å². The van der Waals surface area contributed by atoms with Crippen LogP contribution in [-0.2, 0) is 6.54 Å². The summed E-state index contributed by atoms with van der Waals surface area (Å²) in [6.45, 7) is -0.494. The molecule has 1 heterocycles. The minimum Gasteiger partial charge on any atom is -0.395 e.